The predicted octanol–water partition coefficient (Wildman–Crippen LogP) is 4.23. The maximum Gasteiger partial charge on any atom is 0.158 e. The van der Waals surface area contributed by atoms with Crippen LogP contribution in [-0.2, 0) is 0 Å². The van der Waals surface area contributed by atoms with E-state index in [0.29, 0.717) is 12.0 Å². The van der Waals surface area contributed by atoms with E-state index in [-0.39, 0.29) is 0 Å². The van der Waals surface area contributed by atoms with Crippen LogP contribution in [0.5, 0.6) is 0 Å². The molecule has 7 heteroatoms. The van der Waals surface area contributed by atoms with Gasteiger partial charge in [-0.25, -0.2) is 9.50 Å². The molecule has 0 unspecified atom stereocenters. The minimum absolute atomic E-state index is 0.395. The van der Waals surface area contributed by atoms with Crippen LogP contribution in [-0.4, -0.2) is 61.9 Å². The summed E-state index contributed by atoms with van der Waals surface area (Å²) < 4.78 is 1.87. The molecule has 7 nitrogen and oxygen atoms in total. The first-order valence-corrected chi connectivity index (χ1v) is 11.2. The van der Waals surface area contributed by atoms with Gasteiger partial charge in [-0.05, 0) is 61.6 Å². The van der Waals surface area contributed by atoms with Gasteiger partial charge >= 0.3 is 0 Å². The zero-order valence-corrected chi connectivity index (χ0v) is 19.1. The molecule has 0 aliphatic carbocycles. The molecule has 1 aromatic carbocycles. The van der Waals surface area contributed by atoms with Gasteiger partial charge in [0.1, 0.15) is 6.33 Å². The van der Waals surface area contributed by atoms with Crippen molar-refractivity contribution < 1.29 is 0 Å². The van der Waals surface area contributed by atoms with Gasteiger partial charge in [-0.1, -0.05) is 13.8 Å². The molecule has 1 aliphatic rings. The number of aryl methyl sites for hydroxylation is 1. The molecule has 0 amide bonds. The largest absolute Gasteiger partial charge is 0.352 e. The van der Waals surface area contributed by atoms with E-state index in [2.05, 4.69) is 84.0 Å². The summed E-state index contributed by atoms with van der Waals surface area (Å²) in [5.74, 6) is 1.47. The van der Waals surface area contributed by atoms with Gasteiger partial charge in [0.2, 0.25) is 0 Å². The lowest BCUT2D eigenvalue weighted by Gasteiger charge is -2.37. The predicted molar refractivity (Wildman–Crippen MR) is 126 cm³/mol. The molecule has 0 saturated carbocycles. The number of aromatic amines is 1. The molecule has 1 saturated heterocycles. The van der Waals surface area contributed by atoms with Crippen LogP contribution in [0, 0.1) is 6.92 Å². The van der Waals surface area contributed by atoms with E-state index in [1.165, 1.54) is 16.5 Å². The molecule has 0 radical (unpaired) electrons. The van der Waals surface area contributed by atoms with E-state index in [1.54, 1.807) is 6.33 Å². The number of anilines is 1. The fourth-order valence-electron chi connectivity index (χ4n) is 4.73. The van der Waals surface area contributed by atoms with Crippen LogP contribution >= 0.6 is 0 Å². The number of aromatic nitrogens is 5. The number of nitrogens with one attached hydrogen (secondary N) is 1. The number of benzene rings is 1. The number of nitrogens with zero attached hydrogens (tertiary/aromatic N) is 6. The van der Waals surface area contributed by atoms with Gasteiger partial charge in [0.25, 0.3) is 0 Å². The molecule has 3 aromatic heterocycles. The molecular formula is C24H31N7. The van der Waals surface area contributed by atoms with Crippen molar-refractivity contribution in [1.29, 1.82) is 0 Å². The third-order valence-electron chi connectivity index (χ3n) is 6.55. The van der Waals surface area contributed by atoms with E-state index in [9.17, 15) is 0 Å². The fourth-order valence-corrected chi connectivity index (χ4v) is 4.73. The zero-order valence-electron chi connectivity index (χ0n) is 19.1. The van der Waals surface area contributed by atoms with Gasteiger partial charge in [-0.15, -0.1) is 0 Å². The number of pyridine rings is 1. The van der Waals surface area contributed by atoms with Crippen LogP contribution in [0.25, 0.3) is 27.7 Å². The Kier molecular flexibility index (Phi) is 4.93. The summed E-state index contributed by atoms with van der Waals surface area (Å²) >= 11 is 0. The third-order valence-corrected chi connectivity index (χ3v) is 6.55. The van der Waals surface area contributed by atoms with Crippen LogP contribution in [0.4, 0.5) is 5.82 Å². The van der Waals surface area contributed by atoms with Crippen LogP contribution in [0.3, 0.4) is 0 Å². The van der Waals surface area contributed by atoms with E-state index in [0.717, 1.165) is 54.3 Å². The Morgan fingerprint density at radius 1 is 1.00 bits per heavy atom. The Bertz CT molecular complexity index is 1230. The number of hydrogen-bond acceptors (Lipinski definition) is 5. The monoisotopic (exact) mass is 417 g/mol. The van der Waals surface area contributed by atoms with Crippen molar-refractivity contribution >= 4 is 22.4 Å². The quantitative estimate of drug-likeness (QED) is 0.538. The summed E-state index contributed by atoms with van der Waals surface area (Å²) in [6.45, 7) is 15.3. The molecule has 31 heavy (non-hydrogen) atoms. The zero-order chi connectivity index (χ0) is 21.7. The maximum absolute atomic E-state index is 4.74. The van der Waals surface area contributed by atoms with Crippen LogP contribution < -0.4 is 4.90 Å². The standard InChI is InChI=1S/C24H31N7/c1-15(2)19-11-21-22(27-28-24(21)30-8-6-29(7-9-30)16(3)4)12-20(19)18-10-17(5)23-25-14-26-31(23)13-18/h10-16H,6-9H2,1-5H3,(H,27,28). The van der Waals surface area contributed by atoms with Crippen molar-refractivity contribution in [2.45, 2.75) is 46.6 Å². The maximum atomic E-state index is 4.74. The summed E-state index contributed by atoms with van der Waals surface area (Å²) in [7, 11) is 0. The number of rotatable bonds is 4. The highest BCUT2D eigenvalue weighted by molar-refractivity contribution is 5.94. The van der Waals surface area contributed by atoms with Gasteiger partial charge < -0.3 is 4.90 Å². The molecule has 162 valence electrons. The molecule has 4 heterocycles. The van der Waals surface area contributed by atoms with E-state index < -0.39 is 0 Å². The van der Waals surface area contributed by atoms with Gasteiger partial charge in [0.15, 0.2) is 11.5 Å². The van der Waals surface area contributed by atoms with E-state index in [1.807, 2.05) is 4.52 Å². The van der Waals surface area contributed by atoms with Crippen molar-refractivity contribution in [3.05, 3.63) is 41.9 Å². The molecule has 0 atom stereocenters. The highest BCUT2D eigenvalue weighted by Gasteiger charge is 2.23. The molecule has 1 fully saturated rings. The minimum atomic E-state index is 0.395. The van der Waals surface area contributed by atoms with Crippen LogP contribution in [0.15, 0.2) is 30.7 Å². The molecule has 5 rings (SSSR count). The Morgan fingerprint density at radius 2 is 1.77 bits per heavy atom. The van der Waals surface area contributed by atoms with Crippen molar-refractivity contribution in [1.82, 2.24) is 29.7 Å². The average molecular weight is 418 g/mol. The number of H-pyrrole nitrogens is 1. The fraction of sp³-hybridized carbons (Fsp3) is 0.458. The minimum Gasteiger partial charge on any atom is -0.352 e. The van der Waals surface area contributed by atoms with Crippen LogP contribution in [0.2, 0.25) is 0 Å². The summed E-state index contributed by atoms with van der Waals surface area (Å²) in [4.78, 5) is 9.32. The van der Waals surface area contributed by atoms with Gasteiger partial charge in [-0.2, -0.15) is 10.2 Å². The highest BCUT2D eigenvalue weighted by atomic mass is 15.3. The van der Waals surface area contributed by atoms with Crippen molar-refractivity contribution in [2.75, 3.05) is 31.1 Å². The first kappa shape index (κ1) is 20.0. The Hall–Kier alpha value is -2.93. The normalized spacial score (nSPS) is 15.8. The molecule has 0 bridgehead atoms. The Balaban J connectivity index is 1.57. The summed E-state index contributed by atoms with van der Waals surface area (Å²) in [5, 5.41) is 13.6. The summed E-state index contributed by atoms with van der Waals surface area (Å²) in [6, 6.07) is 7.39. The lowest BCUT2D eigenvalue weighted by Crippen LogP contribution is -2.49. The molecule has 1 aliphatic heterocycles. The van der Waals surface area contributed by atoms with E-state index >= 15 is 0 Å². The molecular weight excluding hydrogens is 386 g/mol. The molecule has 0 spiro atoms. The SMILES string of the molecule is Cc1cc(-c2cc3[nH]nc(N4CCN(C(C)C)CC4)c3cc2C(C)C)cn2ncnc12. The lowest BCUT2D eigenvalue weighted by atomic mass is 9.91. The number of hydrogen-bond donors (Lipinski definition) is 1. The van der Waals surface area contributed by atoms with Gasteiger partial charge in [-0.3, -0.25) is 10.00 Å². The summed E-state index contributed by atoms with van der Waals surface area (Å²) in [6.07, 6.45) is 3.68. The highest BCUT2D eigenvalue weighted by Crippen LogP contribution is 2.36. The lowest BCUT2D eigenvalue weighted by molar-refractivity contribution is 0.209. The third kappa shape index (κ3) is 3.47. The van der Waals surface area contributed by atoms with Crippen LogP contribution in [0.1, 0.15) is 44.7 Å². The second kappa shape index (κ2) is 7.64. The second-order valence-electron chi connectivity index (χ2n) is 9.24. The number of fused-ring (bicyclic) bond motifs is 2. The molecule has 4 aromatic rings. The Morgan fingerprint density at radius 3 is 2.48 bits per heavy atom. The van der Waals surface area contributed by atoms with Crippen molar-refractivity contribution in [2.24, 2.45) is 0 Å². The van der Waals surface area contributed by atoms with E-state index in [4.69, 9.17) is 5.10 Å². The van der Waals surface area contributed by atoms with Crippen molar-refractivity contribution in [3.63, 3.8) is 0 Å². The average Bonchev–Trinajstić information content (AvgIpc) is 3.39. The van der Waals surface area contributed by atoms with Gasteiger partial charge in [0, 0.05) is 49.4 Å². The van der Waals surface area contributed by atoms with Crippen molar-refractivity contribution in [3.8, 4) is 11.1 Å². The number of piperazine rings is 1. The first-order valence-electron chi connectivity index (χ1n) is 11.2. The smallest absolute Gasteiger partial charge is 0.158 e. The topological polar surface area (TPSA) is 65.4 Å². The van der Waals surface area contributed by atoms with Gasteiger partial charge in [0.05, 0.1) is 5.52 Å². The summed E-state index contributed by atoms with van der Waals surface area (Å²) in [5.41, 5.74) is 6.82. The first-order chi connectivity index (χ1) is 14.9. The second-order valence-corrected chi connectivity index (χ2v) is 9.24. The Labute approximate surface area is 183 Å². The molecule has 1 N–H and O–H groups in total.